The lowest BCUT2D eigenvalue weighted by atomic mass is 10.2. The SMILES string of the molecule is O=C(c1ccccc1)N1CCN(c2ccc3cccc(Br)c3n2)CC1. The molecule has 1 aromatic heterocycles. The van der Waals surface area contributed by atoms with Crippen LogP contribution in [0.3, 0.4) is 0 Å². The standard InChI is InChI=1S/C20H18BrN3O/c21-17-8-4-7-15-9-10-18(22-19(15)17)23-11-13-24(14-12-23)20(25)16-5-2-1-3-6-16/h1-10H,11-14H2. The monoisotopic (exact) mass is 395 g/mol. The number of para-hydroxylation sites is 1. The first kappa shape index (κ1) is 16.1. The first-order valence-corrected chi connectivity index (χ1v) is 9.16. The van der Waals surface area contributed by atoms with Crippen LogP contribution in [0.4, 0.5) is 5.82 Å². The van der Waals surface area contributed by atoms with Crippen molar-refractivity contribution in [1.29, 1.82) is 0 Å². The van der Waals surface area contributed by atoms with Crippen molar-refractivity contribution in [2.24, 2.45) is 0 Å². The molecule has 0 bridgehead atoms. The highest BCUT2D eigenvalue weighted by Gasteiger charge is 2.22. The summed E-state index contributed by atoms with van der Waals surface area (Å²) in [6.45, 7) is 3.01. The van der Waals surface area contributed by atoms with Crippen LogP contribution >= 0.6 is 15.9 Å². The number of anilines is 1. The highest BCUT2D eigenvalue weighted by Crippen LogP contribution is 2.25. The molecule has 25 heavy (non-hydrogen) atoms. The topological polar surface area (TPSA) is 36.4 Å². The second kappa shape index (κ2) is 6.84. The smallest absolute Gasteiger partial charge is 0.253 e. The van der Waals surface area contributed by atoms with Crippen molar-refractivity contribution in [2.75, 3.05) is 31.1 Å². The molecular formula is C20H18BrN3O. The van der Waals surface area contributed by atoms with Gasteiger partial charge in [-0.3, -0.25) is 4.79 Å². The number of rotatable bonds is 2. The van der Waals surface area contributed by atoms with E-state index in [9.17, 15) is 4.79 Å². The second-order valence-electron chi connectivity index (χ2n) is 6.13. The van der Waals surface area contributed by atoms with Gasteiger partial charge in [-0.2, -0.15) is 0 Å². The fourth-order valence-corrected chi connectivity index (χ4v) is 3.65. The van der Waals surface area contributed by atoms with Gasteiger partial charge in [0, 0.05) is 41.6 Å². The van der Waals surface area contributed by atoms with Crippen LogP contribution in [-0.4, -0.2) is 42.0 Å². The summed E-state index contributed by atoms with van der Waals surface area (Å²) in [4.78, 5) is 21.5. The van der Waals surface area contributed by atoms with Gasteiger partial charge in [0.15, 0.2) is 0 Å². The van der Waals surface area contributed by atoms with Gasteiger partial charge in [-0.15, -0.1) is 0 Å². The minimum absolute atomic E-state index is 0.106. The zero-order valence-corrected chi connectivity index (χ0v) is 15.3. The number of amides is 1. The van der Waals surface area contributed by atoms with Crippen molar-refractivity contribution in [3.63, 3.8) is 0 Å². The quantitative estimate of drug-likeness (QED) is 0.658. The van der Waals surface area contributed by atoms with E-state index in [4.69, 9.17) is 4.98 Å². The van der Waals surface area contributed by atoms with Gasteiger partial charge in [-0.05, 0) is 46.3 Å². The predicted octanol–water partition coefficient (Wildman–Crippen LogP) is 3.96. The van der Waals surface area contributed by atoms with Crippen LogP contribution in [0.5, 0.6) is 0 Å². The van der Waals surface area contributed by atoms with Crippen LogP contribution in [0.1, 0.15) is 10.4 Å². The fourth-order valence-electron chi connectivity index (χ4n) is 3.18. The molecule has 2 heterocycles. The van der Waals surface area contributed by atoms with Crippen molar-refractivity contribution in [3.8, 4) is 0 Å². The van der Waals surface area contributed by atoms with E-state index < -0.39 is 0 Å². The Morgan fingerprint density at radius 3 is 2.40 bits per heavy atom. The normalized spacial score (nSPS) is 14.8. The zero-order valence-electron chi connectivity index (χ0n) is 13.7. The fraction of sp³-hybridized carbons (Fsp3) is 0.200. The number of aromatic nitrogens is 1. The van der Waals surface area contributed by atoms with Crippen LogP contribution < -0.4 is 4.90 Å². The molecule has 1 amide bonds. The summed E-state index contributed by atoms with van der Waals surface area (Å²) in [5.74, 6) is 1.07. The summed E-state index contributed by atoms with van der Waals surface area (Å²) >= 11 is 3.58. The van der Waals surface area contributed by atoms with Crippen LogP contribution in [0.15, 0.2) is 65.1 Å². The third-order valence-electron chi connectivity index (χ3n) is 4.57. The van der Waals surface area contributed by atoms with E-state index in [0.717, 1.165) is 39.8 Å². The lowest BCUT2D eigenvalue weighted by Gasteiger charge is -2.35. The Kier molecular flexibility index (Phi) is 4.40. The predicted molar refractivity (Wildman–Crippen MR) is 104 cm³/mol. The molecular weight excluding hydrogens is 378 g/mol. The molecule has 4 rings (SSSR count). The zero-order chi connectivity index (χ0) is 17.2. The maximum Gasteiger partial charge on any atom is 0.253 e. The molecule has 0 atom stereocenters. The summed E-state index contributed by atoms with van der Waals surface area (Å²) in [5.41, 5.74) is 1.73. The Morgan fingerprint density at radius 1 is 0.880 bits per heavy atom. The molecule has 1 aliphatic rings. The van der Waals surface area contributed by atoms with E-state index in [2.05, 4.69) is 39.0 Å². The molecule has 0 saturated carbocycles. The van der Waals surface area contributed by atoms with E-state index in [-0.39, 0.29) is 5.91 Å². The number of nitrogens with zero attached hydrogens (tertiary/aromatic N) is 3. The molecule has 1 fully saturated rings. The van der Waals surface area contributed by atoms with Crippen LogP contribution in [0.2, 0.25) is 0 Å². The Morgan fingerprint density at radius 2 is 1.64 bits per heavy atom. The number of fused-ring (bicyclic) bond motifs is 1. The molecule has 5 heteroatoms. The number of benzene rings is 2. The van der Waals surface area contributed by atoms with E-state index >= 15 is 0 Å². The van der Waals surface area contributed by atoms with Crippen molar-refractivity contribution in [2.45, 2.75) is 0 Å². The number of hydrogen-bond donors (Lipinski definition) is 0. The van der Waals surface area contributed by atoms with Gasteiger partial charge in [0.25, 0.3) is 5.91 Å². The molecule has 0 spiro atoms. The van der Waals surface area contributed by atoms with E-state index in [1.54, 1.807) is 0 Å². The Balaban J connectivity index is 1.49. The van der Waals surface area contributed by atoms with Gasteiger partial charge in [0.05, 0.1) is 5.52 Å². The molecule has 0 aliphatic carbocycles. The van der Waals surface area contributed by atoms with Crippen molar-refractivity contribution >= 4 is 38.6 Å². The molecule has 1 aliphatic heterocycles. The lowest BCUT2D eigenvalue weighted by molar-refractivity contribution is 0.0746. The average Bonchev–Trinajstić information content (AvgIpc) is 2.68. The summed E-state index contributed by atoms with van der Waals surface area (Å²) in [7, 11) is 0. The summed E-state index contributed by atoms with van der Waals surface area (Å²) in [5, 5.41) is 1.12. The Labute approximate surface area is 155 Å². The summed E-state index contributed by atoms with van der Waals surface area (Å²) in [6, 6.07) is 19.7. The van der Waals surface area contributed by atoms with Gasteiger partial charge in [-0.1, -0.05) is 30.3 Å². The maximum atomic E-state index is 12.5. The van der Waals surface area contributed by atoms with E-state index in [1.165, 1.54) is 0 Å². The number of pyridine rings is 1. The van der Waals surface area contributed by atoms with E-state index in [0.29, 0.717) is 13.1 Å². The highest BCUT2D eigenvalue weighted by atomic mass is 79.9. The van der Waals surface area contributed by atoms with Gasteiger partial charge in [0.1, 0.15) is 5.82 Å². The van der Waals surface area contributed by atoms with Crippen LogP contribution in [0.25, 0.3) is 10.9 Å². The first-order valence-electron chi connectivity index (χ1n) is 8.37. The number of hydrogen-bond acceptors (Lipinski definition) is 3. The largest absolute Gasteiger partial charge is 0.353 e. The molecule has 4 nitrogen and oxygen atoms in total. The third kappa shape index (κ3) is 3.24. The van der Waals surface area contributed by atoms with Crippen LogP contribution in [0, 0.1) is 0 Å². The van der Waals surface area contributed by atoms with Crippen molar-refractivity contribution in [1.82, 2.24) is 9.88 Å². The number of carbonyl (C=O) groups excluding carboxylic acids is 1. The van der Waals surface area contributed by atoms with Gasteiger partial charge >= 0.3 is 0 Å². The van der Waals surface area contributed by atoms with Crippen LogP contribution in [-0.2, 0) is 0 Å². The Hall–Kier alpha value is -2.40. The highest BCUT2D eigenvalue weighted by molar-refractivity contribution is 9.10. The third-order valence-corrected chi connectivity index (χ3v) is 5.21. The first-order chi connectivity index (χ1) is 12.2. The summed E-state index contributed by atoms with van der Waals surface area (Å²) in [6.07, 6.45) is 0. The summed E-state index contributed by atoms with van der Waals surface area (Å²) < 4.78 is 1.00. The molecule has 0 N–H and O–H groups in total. The number of piperazine rings is 1. The molecule has 2 aromatic carbocycles. The number of halogens is 1. The number of carbonyl (C=O) groups is 1. The Bertz CT molecular complexity index is 905. The van der Waals surface area contributed by atoms with E-state index in [1.807, 2.05) is 47.4 Å². The minimum atomic E-state index is 0.106. The van der Waals surface area contributed by atoms with Gasteiger partial charge < -0.3 is 9.80 Å². The second-order valence-corrected chi connectivity index (χ2v) is 6.98. The minimum Gasteiger partial charge on any atom is -0.353 e. The average molecular weight is 396 g/mol. The molecule has 0 unspecified atom stereocenters. The maximum absolute atomic E-state index is 12.5. The van der Waals surface area contributed by atoms with Crippen molar-refractivity contribution in [3.05, 3.63) is 70.7 Å². The van der Waals surface area contributed by atoms with Crippen molar-refractivity contribution < 1.29 is 4.79 Å². The molecule has 3 aromatic rings. The molecule has 0 radical (unpaired) electrons. The van der Waals surface area contributed by atoms with Gasteiger partial charge in [0.2, 0.25) is 0 Å². The van der Waals surface area contributed by atoms with Gasteiger partial charge in [-0.25, -0.2) is 4.98 Å². The molecule has 126 valence electrons. The lowest BCUT2D eigenvalue weighted by Crippen LogP contribution is -2.49. The molecule has 1 saturated heterocycles.